The predicted octanol–water partition coefficient (Wildman–Crippen LogP) is 2.77. The second-order valence-electron chi connectivity index (χ2n) is 4.18. The van der Waals surface area contributed by atoms with Crippen LogP contribution in [0.3, 0.4) is 0 Å². The standard InChI is InChI=1S/C12H13ClN2/c13-15-8-5-6-12-10(7-8)9-3-1-2-4-11(9)14-12/h1-4,8,14-15H,5-7H2. The Hall–Kier alpha value is -0.990. The summed E-state index contributed by atoms with van der Waals surface area (Å²) >= 11 is 5.70. The van der Waals surface area contributed by atoms with Crippen LogP contribution in [0.15, 0.2) is 24.3 Å². The fraction of sp³-hybridized carbons (Fsp3) is 0.333. The monoisotopic (exact) mass is 220 g/mol. The molecule has 0 spiro atoms. The summed E-state index contributed by atoms with van der Waals surface area (Å²) in [6.07, 6.45) is 3.24. The van der Waals surface area contributed by atoms with Crippen LogP contribution in [0.5, 0.6) is 0 Å². The van der Waals surface area contributed by atoms with E-state index in [2.05, 4.69) is 34.1 Å². The van der Waals surface area contributed by atoms with Gasteiger partial charge in [0.25, 0.3) is 0 Å². The van der Waals surface area contributed by atoms with Crippen LogP contribution in [-0.4, -0.2) is 11.0 Å². The van der Waals surface area contributed by atoms with Gasteiger partial charge in [-0.3, -0.25) is 0 Å². The molecule has 78 valence electrons. The van der Waals surface area contributed by atoms with Crippen molar-refractivity contribution < 1.29 is 0 Å². The Morgan fingerprint density at radius 1 is 1.33 bits per heavy atom. The summed E-state index contributed by atoms with van der Waals surface area (Å²) in [6.45, 7) is 0. The van der Waals surface area contributed by atoms with E-state index < -0.39 is 0 Å². The van der Waals surface area contributed by atoms with Gasteiger partial charge in [-0.25, -0.2) is 4.84 Å². The Labute approximate surface area is 93.7 Å². The highest BCUT2D eigenvalue weighted by atomic mass is 35.5. The first kappa shape index (κ1) is 9.25. The highest BCUT2D eigenvalue weighted by molar-refractivity contribution is 6.13. The predicted molar refractivity (Wildman–Crippen MR) is 63.1 cm³/mol. The number of fused-ring (bicyclic) bond motifs is 3. The molecule has 2 aromatic rings. The second-order valence-corrected chi connectivity index (χ2v) is 4.39. The van der Waals surface area contributed by atoms with E-state index in [0.717, 1.165) is 19.3 Å². The highest BCUT2D eigenvalue weighted by Gasteiger charge is 2.21. The lowest BCUT2D eigenvalue weighted by atomic mass is 9.92. The van der Waals surface area contributed by atoms with Crippen molar-refractivity contribution in [1.82, 2.24) is 9.82 Å². The molecule has 3 rings (SSSR count). The number of hydrogen-bond acceptors (Lipinski definition) is 1. The smallest absolute Gasteiger partial charge is 0.0458 e. The van der Waals surface area contributed by atoms with Gasteiger partial charge in [0.1, 0.15) is 0 Å². The molecule has 15 heavy (non-hydrogen) atoms. The zero-order valence-electron chi connectivity index (χ0n) is 8.39. The van der Waals surface area contributed by atoms with Gasteiger partial charge in [0, 0.05) is 22.6 Å². The van der Waals surface area contributed by atoms with E-state index in [9.17, 15) is 0 Å². The molecule has 0 fully saturated rings. The van der Waals surface area contributed by atoms with E-state index in [1.165, 1.54) is 22.2 Å². The van der Waals surface area contributed by atoms with E-state index in [1.54, 1.807) is 0 Å². The number of H-pyrrole nitrogens is 1. The minimum Gasteiger partial charge on any atom is -0.358 e. The summed E-state index contributed by atoms with van der Waals surface area (Å²) in [4.78, 5) is 6.35. The molecular formula is C12H13ClN2. The third-order valence-electron chi connectivity index (χ3n) is 3.25. The van der Waals surface area contributed by atoms with Gasteiger partial charge in [0.05, 0.1) is 0 Å². The Kier molecular flexibility index (Phi) is 2.19. The third-order valence-corrected chi connectivity index (χ3v) is 3.56. The normalized spacial score (nSPS) is 20.5. The third kappa shape index (κ3) is 1.45. The van der Waals surface area contributed by atoms with E-state index in [0.29, 0.717) is 6.04 Å². The number of halogens is 1. The molecule has 1 aliphatic carbocycles. The number of aromatic nitrogens is 1. The summed E-state index contributed by atoms with van der Waals surface area (Å²) in [5, 5.41) is 1.35. The van der Waals surface area contributed by atoms with Crippen LogP contribution < -0.4 is 4.84 Å². The summed E-state index contributed by atoms with van der Waals surface area (Å²) in [6, 6.07) is 8.90. The Morgan fingerprint density at radius 2 is 2.20 bits per heavy atom. The van der Waals surface area contributed by atoms with Crippen molar-refractivity contribution in [1.29, 1.82) is 0 Å². The Balaban J connectivity index is 2.14. The SMILES string of the molecule is ClNC1CCc2[nH]c3ccccc3c2C1. The van der Waals surface area contributed by atoms with Gasteiger partial charge in [-0.1, -0.05) is 18.2 Å². The first-order valence-corrected chi connectivity index (χ1v) is 5.71. The summed E-state index contributed by atoms with van der Waals surface area (Å²) in [5.41, 5.74) is 4.08. The molecule has 0 amide bonds. The van der Waals surface area contributed by atoms with Crippen LogP contribution in [0.25, 0.3) is 10.9 Å². The molecule has 0 bridgehead atoms. The van der Waals surface area contributed by atoms with E-state index in [1.807, 2.05) is 0 Å². The number of hydrogen-bond donors (Lipinski definition) is 2. The molecule has 0 aliphatic heterocycles. The Bertz CT molecular complexity index is 489. The van der Waals surface area contributed by atoms with Gasteiger partial charge in [0.15, 0.2) is 0 Å². The molecule has 0 saturated carbocycles. The van der Waals surface area contributed by atoms with Gasteiger partial charge in [-0.15, -0.1) is 0 Å². The molecule has 1 heterocycles. The maximum atomic E-state index is 5.70. The van der Waals surface area contributed by atoms with Crippen molar-refractivity contribution in [2.45, 2.75) is 25.3 Å². The van der Waals surface area contributed by atoms with Crippen molar-refractivity contribution in [2.24, 2.45) is 0 Å². The van der Waals surface area contributed by atoms with Crippen molar-refractivity contribution in [3.63, 3.8) is 0 Å². The highest BCUT2D eigenvalue weighted by Crippen LogP contribution is 2.28. The molecule has 3 heteroatoms. The summed E-state index contributed by atoms with van der Waals surface area (Å²) < 4.78 is 0. The average molecular weight is 221 g/mol. The minimum atomic E-state index is 0.415. The molecule has 1 aromatic heterocycles. The number of aryl methyl sites for hydroxylation is 1. The number of para-hydroxylation sites is 1. The second kappa shape index (κ2) is 3.54. The fourth-order valence-electron chi connectivity index (χ4n) is 2.46. The maximum Gasteiger partial charge on any atom is 0.0458 e. The largest absolute Gasteiger partial charge is 0.358 e. The lowest BCUT2D eigenvalue weighted by Gasteiger charge is -2.20. The van der Waals surface area contributed by atoms with Crippen LogP contribution in [0.1, 0.15) is 17.7 Å². The lowest BCUT2D eigenvalue weighted by molar-refractivity contribution is 0.539. The number of nitrogens with one attached hydrogen (secondary N) is 2. The number of benzene rings is 1. The van der Waals surface area contributed by atoms with Gasteiger partial charge in [-0.05, 0) is 42.7 Å². The zero-order valence-corrected chi connectivity index (χ0v) is 9.14. The van der Waals surface area contributed by atoms with Crippen LogP contribution in [0, 0.1) is 0 Å². The van der Waals surface area contributed by atoms with Crippen molar-refractivity contribution >= 4 is 22.7 Å². The molecule has 0 saturated heterocycles. The minimum absolute atomic E-state index is 0.415. The summed E-state index contributed by atoms with van der Waals surface area (Å²) in [5.74, 6) is 0. The quantitative estimate of drug-likeness (QED) is 0.711. The van der Waals surface area contributed by atoms with Crippen molar-refractivity contribution in [3.05, 3.63) is 35.5 Å². The molecule has 1 aliphatic rings. The van der Waals surface area contributed by atoms with Crippen LogP contribution >= 0.6 is 11.8 Å². The van der Waals surface area contributed by atoms with Crippen LogP contribution in [-0.2, 0) is 12.8 Å². The number of aromatic amines is 1. The molecule has 1 atom stereocenters. The molecule has 1 aromatic carbocycles. The van der Waals surface area contributed by atoms with Gasteiger partial charge < -0.3 is 4.98 Å². The molecular weight excluding hydrogens is 208 g/mol. The van der Waals surface area contributed by atoms with E-state index in [-0.39, 0.29) is 0 Å². The van der Waals surface area contributed by atoms with Gasteiger partial charge >= 0.3 is 0 Å². The maximum absolute atomic E-state index is 5.70. The lowest BCUT2D eigenvalue weighted by Crippen LogP contribution is -2.28. The van der Waals surface area contributed by atoms with Crippen molar-refractivity contribution in [3.8, 4) is 0 Å². The first-order chi connectivity index (χ1) is 7.38. The van der Waals surface area contributed by atoms with Crippen molar-refractivity contribution in [2.75, 3.05) is 0 Å². The summed E-state index contributed by atoms with van der Waals surface area (Å²) in [7, 11) is 0. The van der Waals surface area contributed by atoms with E-state index >= 15 is 0 Å². The Morgan fingerprint density at radius 3 is 3.07 bits per heavy atom. The van der Waals surface area contributed by atoms with Gasteiger partial charge in [-0.2, -0.15) is 0 Å². The van der Waals surface area contributed by atoms with Gasteiger partial charge in [0.2, 0.25) is 0 Å². The van der Waals surface area contributed by atoms with E-state index in [4.69, 9.17) is 11.8 Å². The number of rotatable bonds is 1. The molecule has 0 radical (unpaired) electrons. The van der Waals surface area contributed by atoms with Crippen LogP contribution in [0.4, 0.5) is 0 Å². The zero-order chi connectivity index (χ0) is 10.3. The fourth-order valence-corrected chi connectivity index (χ4v) is 2.65. The topological polar surface area (TPSA) is 27.8 Å². The first-order valence-electron chi connectivity index (χ1n) is 5.33. The van der Waals surface area contributed by atoms with Crippen LogP contribution in [0.2, 0.25) is 0 Å². The molecule has 2 nitrogen and oxygen atoms in total. The molecule has 2 N–H and O–H groups in total. The molecule has 1 unspecified atom stereocenters. The average Bonchev–Trinajstić information content (AvgIpc) is 2.66.